The third-order valence-corrected chi connectivity index (χ3v) is 4.12. The van der Waals surface area contributed by atoms with Gasteiger partial charge in [0.1, 0.15) is 11.0 Å². The SMILES string of the molecule is OCC1CCC2(CC2)N1c1cc(Cl)nc(Cl)n1. The fraction of sp³-hybridized carbons (Fsp3) is 0.636. The molecule has 1 saturated heterocycles. The minimum absolute atomic E-state index is 0.125. The molecule has 0 amide bonds. The monoisotopic (exact) mass is 273 g/mol. The van der Waals surface area contributed by atoms with E-state index in [9.17, 15) is 5.11 Å². The first-order valence-electron chi connectivity index (χ1n) is 5.75. The van der Waals surface area contributed by atoms with Crippen LogP contribution in [0.15, 0.2) is 6.07 Å². The average molecular weight is 274 g/mol. The zero-order chi connectivity index (χ0) is 12.0. The number of rotatable bonds is 2. The van der Waals surface area contributed by atoms with E-state index in [0.29, 0.717) is 5.15 Å². The molecule has 0 radical (unpaired) electrons. The fourth-order valence-electron chi connectivity index (χ4n) is 2.81. The lowest BCUT2D eigenvalue weighted by molar-refractivity contribution is 0.264. The predicted molar refractivity (Wildman–Crippen MR) is 66.6 cm³/mol. The summed E-state index contributed by atoms with van der Waals surface area (Å²) < 4.78 is 0. The molecule has 2 fully saturated rings. The Kier molecular flexibility index (Phi) is 2.69. The standard InChI is InChI=1S/C11H13Cl2N3O/c12-8-5-9(15-10(13)14-8)16-7(6-17)1-2-11(16)3-4-11/h5,7,17H,1-4,6H2. The number of aliphatic hydroxyl groups is 1. The van der Waals surface area contributed by atoms with Crippen molar-refractivity contribution in [3.63, 3.8) is 0 Å². The molecule has 1 N–H and O–H groups in total. The molecule has 1 aromatic rings. The second-order valence-corrected chi connectivity index (χ2v) is 5.51. The molecule has 2 heterocycles. The molecule has 1 unspecified atom stereocenters. The van der Waals surface area contributed by atoms with Gasteiger partial charge in [-0.05, 0) is 37.3 Å². The molecule has 1 aliphatic carbocycles. The van der Waals surface area contributed by atoms with Crippen LogP contribution in [0.1, 0.15) is 25.7 Å². The van der Waals surface area contributed by atoms with Crippen molar-refractivity contribution >= 4 is 29.0 Å². The first-order chi connectivity index (χ1) is 8.14. The number of hydrogen-bond donors (Lipinski definition) is 1. The van der Waals surface area contributed by atoms with Crippen molar-refractivity contribution < 1.29 is 5.11 Å². The van der Waals surface area contributed by atoms with Crippen molar-refractivity contribution in [1.29, 1.82) is 0 Å². The molecule has 1 spiro atoms. The maximum atomic E-state index is 9.45. The summed E-state index contributed by atoms with van der Waals surface area (Å²) in [6, 6.07) is 1.85. The Bertz CT molecular complexity index is 430. The van der Waals surface area contributed by atoms with Crippen LogP contribution in [0, 0.1) is 0 Å². The van der Waals surface area contributed by atoms with Gasteiger partial charge in [-0.2, -0.15) is 0 Å². The number of aromatic nitrogens is 2. The first kappa shape index (κ1) is 11.5. The van der Waals surface area contributed by atoms with Gasteiger partial charge in [-0.15, -0.1) is 0 Å². The molecule has 17 heavy (non-hydrogen) atoms. The Hall–Kier alpha value is -0.580. The average Bonchev–Trinajstić information content (AvgIpc) is 2.91. The van der Waals surface area contributed by atoms with E-state index in [2.05, 4.69) is 14.9 Å². The molecule has 92 valence electrons. The van der Waals surface area contributed by atoms with Gasteiger partial charge < -0.3 is 10.0 Å². The van der Waals surface area contributed by atoms with Crippen molar-refractivity contribution in [3.05, 3.63) is 16.5 Å². The zero-order valence-electron chi connectivity index (χ0n) is 9.24. The molecule has 3 rings (SSSR count). The van der Waals surface area contributed by atoms with Gasteiger partial charge in [-0.3, -0.25) is 0 Å². The van der Waals surface area contributed by atoms with E-state index in [-0.39, 0.29) is 23.5 Å². The lowest BCUT2D eigenvalue weighted by atomic mass is 10.2. The Morgan fingerprint density at radius 2 is 2.12 bits per heavy atom. The van der Waals surface area contributed by atoms with E-state index in [0.717, 1.165) is 31.5 Å². The molecule has 1 saturated carbocycles. The van der Waals surface area contributed by atoms with Crippen molar-refractivity contribution in [1.82, 2.24) is 9.97 Å². The third kappa shape index (κ3) is 1.88. The lowest BCUT2D eigenvalue weighted by Crippen LogP contribution is -2.40. The van der Waals surface area contributed by atoms with Crippen LogP contribution in [-0.4, -0.2) is 33.3 Å². The summed E-state index contributed by atoms with van der Waals surface area (Å²) in [4.78, 5) is 10.3. The Morgan fingerprint density at radius 1 is 1.35 bits per heavy atom. The molecule has 6 heteroatoms. The fourth-order valence-corrected chi connectivity index (χ4v) is 3.21. The minimum atomic E-state index is 0.125. The second-order valence-electron chi connectivity index (χ2n) is 4.79. The number of nitrogens with zero attached hydrogens (tertiary/aromatic N) is 3. The lowest BCUT2D eigenvalue weighted by Gasteiger charge is -2.30. The molecule has 0 bridgehead atoms. The van der Waals surface area contributed by atoms with Gasteiger partial charge in [-0.25, -0.2) is 9.97 Å². The maximum absolute atomic E-state index is 9.45. The van der Waals surface area contributed by atoms with Gasteiger partial charge in [-0.1, -0.05) is 11.6 Å². The van der Waals surface area contributed by atoms with Crippen molar-refractivity contribution in [2.45, 2.75) is 37.3 Å². The summed E-state index contributed by atoms with van der Waals surface area (Å²) in [6.45, 7) is 0.140. The highest BCUT2D eigenvalue weighted by Crippen LogP contribution is 2.53. The molecule has 1 aliphatic heterocycles. The molecule has 0 aromatic carbocycles. The van der Waals surface area contributed by atoms with E-state index in [1.165, 1.54) is 0 Å². The van der Waals surface area contributed by atoms with Crippen LogP contribution in [0.4, 0.5) is 5.82 Å². The minimum Gasteiger partial charge on any atom is -0.394 e. The van der Waals surface area contributed by atoms with Gasteiger partial charge in [0.15, 0.2) is 0 Å². The van der Waals surface area contributed by atoms with Gasteiger partial charge >= 0.3 is 0 Å². The summed E-state index contributed by atoms with van der Waals surface area (Å²) in [5.41, 5.74) is 0.189. The summed E-state index contributed by atoms with van der Waals surface area (Å²) in [7, 11) is 0. The largest absolute Gasteiger partial charge is 0.394 e. The maximum Gasteiger partial charge on any atom is 0.225 e. The van der Waals surface area contributed by atoms with E-state index in [1.807, 2.05) is 0 Å². The quantitative estimate of drug-likeness (QED) is 0.664. The van der Waals surface area contributed by atoms with Crippen LogP contribution in [0.3, 0.4) is 0 Å². The Balaban J connectivity index is 2.00. The van der Waals surface area contributed by atoms with Gasteiger partial charge in [0.2, 0.25) is 5.28 Å². The van der Waals surface area contributed by atoms with Gasteiger partial charge in [0.05, 0.1) is 12.6 Å². The number of aliphatic hydroxyl groups excluding tert-OH is 1. The molecule has 1 atom stereocenters. The van der Waals surface area contributed by atoms with Crippen LogP contribution < -0.4 is 4.90 Å². The molecular weight excluding hydrogens is 261 g/mol. The highest BCUT2D eigenvalue weighted by molar-refractivity contribution is 6.32. The summed E-state index contributed by atoms with van der Waals surface area (Å²) in [5, 5.41) is 9.95. The number of hydrogen-bond acceptors (Lipinski definition) is 4. The van der Waals surface area contributed by atoms with E-state index >= 15 is 0 Å². The summed E-state index contributed by atoms with van der Waals surface area (Å²) in [6.07, 6.45) is 4.42. The van der Waals surface area contributed by atoms with Crippen molar-refractivity contribution in [2.24, 2.45) is 0 Å². The molecule has 1 aromatic heterocycles. The van der Waals surface area contributed by atoms with E-state index in [1.54, 1.807) is 6.07 Å². The highest BCUT2D eigenvalue weighted by Gasteiger charge is 2.54. The number of anilines is 1. The van der Waals surface area contributed by atoms with Crippen LogP contribution in [0.2, 0.25) is 10.4 Å². The number of halogens is 2. The molecule has 4 nitrogen and oxygen atoms in total. The first-order valence-corrected chi connectivity index (χ1v) is 6.50. The van der Waals surface area contributed by atoms with Crippen LogP contribution in [-0.2, 0) is 0 Å². The summed E-state index contributed by atoms with van der Waals surface area (Å²) >= 11 is 11.7. The van der Waals surface area contributed by atoms with Crippen LogP contribution in [0.25, 0.3) is 0 Å². The Morgan fingerprint density at radius 3 is 2.71 bits per heavy atom. The van der Waals surface area contributed by atoms with E-state index < -0.39 is 0 Å². The zero-order valence-corrected chi connectivity index (χ0v) is 10.7. The molecular formula is C11H13Cl2N3O. The van der Waals surface area contributed by atoms with Crippen LogP contribution >= 0.6 is 23.2 Å². The van der Waals surface area contributed by atoms with Crippen molar-refractivity contribution in [2.75, 3.05) is 11.5 Å². The van der Waals surface area contributed by atoms with Gasteiger partial charge in [0, 0.05) is 11.6 Å². The third-order valence-electron chi connectivity index (χ3n) is 3.76. The highest BCUT2D eigenvalue weighted by atomic mass is 35.5. The normalized spacial score (nSPS) is 25.6. The van der Waals surface area contributed by atoms with Crippen molar-refractivity contribution in [3.8, 4) is 0 Å². The predicted octanol–water partition coefficient (Wildman–Crippen LogP) is 2.28. The second kappa shape index (κ2) is 3.97. The Labute approximate surface area is 110 Å². The topological polar surface area (TPSA) is 49.2 Å². The van der Waals surface area contributed by atoms with Crippen LogP contribution in [0.5, 0.6) is 0 Å². The van der Waals surface area contributed by atoms with E-state index in [4.69, 9.17) is 23.2 Å². The summed E-state index contributed by atoms with van der Waals surface area (Å²) in [5.74, 6) is 0.740. The molecule has 2 aliphatic rings. The van der Waals surface area contributed by atoms with Gasteiger partial charge in [0.25, 0.3) is 0 Å². The smallest absolute Gasteiger partial charge is 0.225 e.